The van der Waals surface area contributed by atoms with Crippen molar-refractivity contribution in [2.75, 3.05) is 0 Å². The molecule has 6 heavy (non-hydrogen) atoms. The van der Waals surface area contributed by atoms with Gasteiger partial charge in [-0.05, 0) is 0 Å². The van der Waals surface area contributed by atoms with Crippen molar-refractivity contribution < 1.29 is 0 Å². The van der Waals surface area contributed by atoms with Gasteiger partial charge in [0.15, 0.2) is 0 Å². The topological polar surface area (TPSA) is 0 Å². The van der Waals surface area contributed by atoms with Gasteiger partial charge in [0.25, 0.3) is 0 Å². The summed E-state index contributed by atoms with van der Waals surface area (Å²) in [5.41, 5.74) is 0. The van der Waals surface area contributed by atoms with E-state index in [9.17, 15) is 0 Å². The average Bonchev–Trinajstić information content (AvgIpc) is 1.86. The van der Waals surface area contributed by atoms with E-state index in [1.165, 1.54) is 0 Å². The van der Waals surface area contributed by atoms with Crippen LogP contribution in [0.4, 0.5) is 0 Å². The van der Waals surface area contributed by atoms with Gasteiger partial charge in [-0.3, -0.25) is 0 Å². The third-order valence-corrected chi connectivity index (χ3v) is 7.63. The van der Waals surface area contributed by atoms with Crippen molar-refractivity contribution in [3.8, 4) is 0 Å². The zero-order chi connectivity index (χ0) is 4.41. The summed E-state index contributed by atoms with van der Waals surface area (Å²) in [7, 11) is 0. The molecule has 0 spiro atoms. The monoisotopic (exact) mass is 278 g/mol. The van der Waals surface area contributed by atoms with Crippen LogP contribution < -0.4 is 0 Å². The molecule has 1 aliphatic heterocycles. The van der Waals surface area contributed by atoms with Gasteiger partial charge in [-0.15, -0.1) is 0 Å². The molecule has 0 nitrogen and oxygen atoms in total. The Bertz CT molecular complexity index is 37.2. The van der Waals surface area contributed by atoms with E-state index >= 15 is 0 Å². The van der Waals surface area contributed by atoms with Crippen LogP contribution in [0.5, 0.6) is 0 Å². The Labute approximate surface area is 51.5 Å². The molecule has 1 aliphatic rings. The van der Waals surface area contributed by atoms with Crippen molar-refractivity contribution in [3.05, 3.63) is 0 Å². The molecule has 0 aromatic carbocycles. The van der Waals surface area contributed by atoms with Crippen molar-refractivity contribution in [3.63, 3.8) is 0 Å². The predicted molar refractivity (Wildman–Crippen MR) is 29.1 cm³/mol. The maximum absolute atomic E-state index is 2.39. The van der Waals surface area contributed by atoms with Gasteiger partial charge >= 0.3 is 51.5 Å². The van der Waals surface area contributed by atoms with Crippen molar-refractivity contribution in [1.29, 1.82) is 0 Å². The summed E-state index contributed by atoms with van der Waals surface area (Å²) in [5, 5.41) is 0. The van der Waals surface area contributed by atoms with Crippen molar-refractivity contribution in [2.45, 2.75) is 21.3 Å². The molecule has 1 unspecified atom stereocenters. The van der Waals surface area contributed by atoms with E-state index < -0.39 is 0 Å². The molecule has 1 heteroatoms. The second-order valence-corrected chi connectivity index (χ2v) is 7.57. The van der Waals surface area contributed by atoms with E-state index in [0.717, 1.165) is 5.92 Å². The Hall–Kier alpha value is 0.922. The molecule has 0 bridgehead atoms. The molecule has 1 fully saturated rings. The molecule has 0 amide bonds. The van der Waals surface area contributed by atoms with Crippen LogP contribution >= 0.6 is 0 Å². The number of hydrogen-bond donors (Lipinski definition) is 0. The normalized spacial score (nSPS) is 34.5. The number of hydrogen-bond acceptors (Lipinski definition) is 0. The minimum atomic E-state index is 0.0992. The summed E-state index contributed by atoms with van der Waals surface area (Å²) in [6, 6.07) is 0. The molecule has 2 radical (unpaired) electrons. The van der Waals surface area contributed by atoms with Crippen LogP contribution in [0.25, 0.3) is 0 Å². The van der Waals surface area contributed by atoms with Crippen molar-refractivity contribution >= 4 is 24.2 Å². The molecule has 34 valence electrons. The Morgan fingerprint density at radius 2 is 2.50 bits per heavy atom. The third-order valence-electron chi connectivity index (χ3n) is 1.31. The molecule has 1 saturated heterocycles. The van der Waals surface area contributed by atoms with Crippen LogP contribution in [0.15, 0.2) is 0 Å². The fourth-order valence-electron chi connectivity index (χ4n) is 0.799. The summed E-state index contributed by atoms with van der Waals surface area (Å²) in [6.07, 6.45) is 1.57. The summed E-state index contributed by atoms with van der Waals surface area (Å²) in [4.78, 5) is 0. The first-order chi connectivity index (χ1) is 2.89. The molecule has 1 rings (SSSR count). The standard InChI is InChI=1S/C5H10.Pb/c1-4-5(2)3;/h5H,1-2,4H2,3H3;. The second-order valence-electron chi connectivity index (χ2n) is 2.10. The Morgan fingerprint density at radius 3 is 2.67 bits per heavy atom. The van der Waals surface area contributed by atoms with E-state index in [4.69, 9.17) is 0 Å². The third kappa shape index (κ3) is 1.21. The zero-order valence-corrected chi connectivity index (χ0v) is 8.09. The van der Waals surface area contributed by atoms with E-state index in [0.29, 0.717) is 0 Å². The molecule has 0 aromatic rings. The van der Waals surface area contributed by atoms with Gasteiger partial charge in [-0.25, -0.2) is 0 Å². The van der Waals surface area contributed by atoms with Crippen LogP contribution in [0, 0.1) is 5.92 Å². The molecule has 0 N–H and O–H groups in total. The Balaban J connectivity index is 2.18. The van der Waals surface area contributed by atoms with Crippen molar-refractivity contribution in [1.82, 2.24) is 0 Å². The Morgan fingerprint density at radius 1 is 1.67 bits per heavy atom. The molecule has 0 saturated carbocycles. The van der Waals surface area contributed by atoms with E-state index in [2.05, 4.69) is 6.92 Å². The van der Waals surface area contributed by atoms with E-state index in [-0.39, 0.29) is 24.2 Å². The van der Waals surface area contributed by atoms with E-state index in [1.807, 2.05) is 0 Å². The molecular weight excluding hydrogens is 267 g/mol. The van der Waals surface area contributed by atoms with Crippen molar-refractivity contribution in [2.24, 2.45) is 5.92 Å². The van der Waals surface area contributed by atoms with Crippen LogP contribution in [-0.4, -0.2) is 24.2 Å². The summed E-state index contributed by atoms with van der Waals surface area (Å²) in [5.74, 6) is 1.13. The molecule has 0 aliphatic carbocycles. The van der Waals surface area contributed by atoms with Gasteiger partial charge in [-0.2, -0.15) is 0 Å². The fraction of sp³-hybridized carbons (Fsp3) is 1.00. The average molecular weight is 277 g/mol. The first kappa shape index (κ1) is 5.07. The first-order valence-corrected chi connectivity index (χ1v) is 8.10. The van der Waals surface area contributed by atoms with Crippen LogP contribution in [0.3, 0.4) is 0 Å². The van der Waals surface area contributed by atoms with Crippen LogP contribution in [-0.2, 0) is 0 Å². The minimum absolute atomic E-state index is 0.0992. The van der Waals surface area contributed by atoms with Gasteiger partial charge in [0.2, 0.25) is 0 Å². The van der Waals surface area contributed by atoms with Gasteiger partial charge in [0, 0.05) is 0 Å². The van der Waals surface area contributed by atoms with Gasteiger partial charge in [0.1, 0.15) is 0 Å². The fourth-order valence-corrected chi connectivity index (χ4v) is 7.01. The first-order valence-electron chi connectivity index (χ1n) is 2.60. The Kier molecular flexibility index (Phi) is 1.93. The molecule has 1 atom stereocenters. The molecular formula is C5H10Pb. The zero-order valence-electron chi connectivity index (χ0n) is 4.20. The van der Waals surface area contributed by atoms with Crippen LogP contribution in [0.1, 0.15) is 13.3 Å². The second kappa shape index (κ2) is 2.29. The summed E-state index contributed by atoms with van der Waals surface area (Å²) >= 11 is 0.0992. The maximum atomic E-state index is 2.39. The molecule has 1 heterocycles. The van der Waals surface area contributed by atoms with Gasteiger partial charge in [-0.1, -0.05) is 0 Å². The van der Waals surface area contributed by atoms with Gasteiger partial charge < -0.3 is 0 Å². The van der Waals surface area contributed by atoms with Gasteiger partial charge in [0.05, 0.1) is 0 Å². The van der Waals surface area contributed by atoms with E-state index in [1.54, 1.807) is 14.4 Å². The summed E-state index contributed by atoms with van der Waals surface area (Å²) in [6.45, 7) is 2.39. The number of rotatable bonds is 0. The quantitative estimate of drug-likeness (QED) is 0.590. The summed E-state index contributed by atoms with van der Waals surface area (Å²) < 4.78 is 3.36. The predicted octanol–water partition coefficient (Wildman–Crippen LogP) is 1.57. The SMILES string of the molecule is CC1C[CH2][Pb][CH2]1. The van der Waals surface area contributed by atoms with Crippen LogP contribution in [0.2, 0.25) is 7.96 Å². The molecule has 0 aromatic heterocycles.